The molecule has 10 nitrogen and oxygen atoms in total. The third kappa shape index (κ3) is 16.7. The maximum absolute atomic E-state index is 13.6. The minimum Gasteiger partial charge on any atom is -0.462 e. The molecule has 0 aromatic heterocycles. The Morgan fingerprint density at radius 1 is 0.738 bits per heavy atom. The van der Waals surface area contributed by atoms with Crippen molar-refractivity contribution >= 4 is 24.1 Å². The fourth-order valence-corrected chi connectivity index (χ4v) is 13.0. The minimum absolute atomic E-state index is 0.0431. The highest BCUT2D eigenvalue weighted by Crippen LogP contribution is 2.67. The summed E-state index contributed by atoms with van der Waals surface area (Å²) in [6.07, 6.45) is 22.9. The van der Waals surface area contributed by atoms with Crippen LogP contribution in [-0.2, 0) is 23.8 Å². The van der Waals surface area contributed by atoms with Crippen molar-refractivity contribution < 1.29 is 33.4 Å². The number of unbranched alkanes of at least 4 members (excludes halogenated alkanes) is 5. The summed E-state index contributed by atoms with van der Waals surface area (Å²) in [6.45, 7) is 28.2. The number of alkyl carbamates (subject to hydrolysis) is 2. The van der Waals surface area contributed by atoms with E-state index in [0.717, 1.165) is 99.2 Å². The Morgan fingerprint density at radius 3 is 1.98 bits per heavy atom. The predicted molar refractivity (Wildman–Crippen MR) is 263 cm³/mol. The van der Waals surface area contributed by atoms with Crippen molar-refractivity contribution in [3.8, 4) is 0 Å². The molecule has 4 aliphatic rings. The fourth-order valence-electron chi connectivity index (χ4n) is 13.0. The lowest BCUT2D eigenvalue weighted by atomic mass is 9.47. The van der Waals surface area contributed by atoms with Crippen LogP contribution in [0.1, 0.15) is 218 Å². The Hall–Kier alpha value is -2.78. The molecule has 0 aromatic carbocycles. The van der Waals surface area contributed by atoms with Crippen LogP contribution >= 0.6 is 0 Å². The smallest absolute Gasteiger partial charge is 0.407 e. The number of carbonyl (C=O) groups excluding carboxylic acids is 4. The molecule has 0 radical (unpaired) electrons. The summed E-state index contributed by atoms with van der Waals surface area (Å²) in [5, 5.41) is 5.63. The van der Waals surface area contributed by atoms with E-state index in [2.05, 4.69) is 58.3 Å². The number of hydrogen-bond acceptors (Lipinski definition) is 7. The summed E-state index contributed by atoms with van der Waals surface area (Å²) in [7, 11) is 0. The number of allylic oxidation sites excluding steroid dienone is 1. The molecule has 0 heterocycles. The van der Waals surface area contributed by atoms with Crippen LogP contribution in [0.3, 0.4) is 0 Å². The van der Waals surface area contributed by atoms with Gasteiger partial charge in [0.05, 0.1) is 0 Å². The second-order valence-corrected chi connectivity index (χ2v) is 23.9. The van der Waals surface area contributed by atoms with Crippen molar-refractivity contribution in [2.45, 2.75) is 235 Å². The molecule has 3 saturated carbocycles. The van der Waals surface area contributed by atoms with Gasteiger partial charge in [0.2, 0.25) is 5.91 Å². The monoisotopic (exact) mass is 912 g/mol. The van der Waals surface area contributed by atoms with Crippen molar-refractivity contribution in [2.24, 2.45) is 52.3 Å². The van der Waals surface area contributed by atoms with Crippen molar-refractivity contribution in [1.82, 2.24) is 15.5 Å². The number of ether oxygens (including phenoxy) is 3. The second kappa shape index (κ2) is 25.0. The van der Waals surface area contributed by atoms with Crippen LogP contribution in [-0.4, -0.2) is 72.4 Å². The van der Waals surface area contributed by atoms with E-state index < -0.39 is 17.3 Å². The van der Waals surface area contributed by atoms with Gasteiger partial charge < -0.3 is 29.7 Å². The quantitative estimate of drug-likeness (QED) is 0.0428. The van der Waals surface area contributed by atoms with Gasteiger partial charge >= 0.3 is 18.2 Å². The first-order chi connectivity index (χ1) is 30.6. The summed E-state index contributed by atoms with van der Waals surface area (Å²) in [4.78, 5) is 52.8. The van der Waals surface area contributed by atoms with Gasteiger partial charge in [0.1, 0.15) is 17.3 Å². The number of rotatable bonds is 24. The zero-order valence-electron chi connectivity index (χ0n) is 43.7. The SMILES string of the molecule is CC[C@H](CC[C@@H](C)[C@H]1CC[C@H]2[C@@H]3CC=C4C[C@@H](OC(=O)CCCC(=O)N(CCCCCCCCNC(=O)OC(C)(C)C)CCCNC(=O)OC(C)(C)C)CC[C@]4(C)[C@H]3CC[C@]12C)C(C)C. The van der Waals surface area contributed by atoms with Gasteiger partial charge in [0.15, 0.2) is 0 Å². The molecular formula is C55H97N3O7. The van der Waals surface area contributed by atoms with E-state index in [1.807, 2.05) is 46.4 Å². The van der Waals surface area contributed by atoms with E-state index in [1.165, 1.54) is 56.9 Å². The number of esters is 1. The van der Waals surface area contributed by atoms with Gasteiger partial charge in [-0.15, -0.1) is 0 Å². The van der Waals surface area contributed by atoms with Crippen LogP contribution in [0.4, 0.5) is 9.59 Å². The zero-order valence-corrected chi connectivity index (χ0v) is 43.7. The number of amides is 3. The summed E-state index contributed by atoms with van der Waals surface area (Å²) < 4.78 is 16.8. The molecule has 0 bridgehead atoms. The molecule has 0 unspecified atom stereocenters. The molecule has 10 heteroatoms. The van der Waals surface area contributed by atoms with Gasteiger partial charge in [-0.3, -0.25) is 9.59 Å². The molecule has 374 valence electrons. The molecule has 3 fully saturated rings. The number of hydrogen-bond donors (Lipinski definition) is 2. The number of nitrogens with zero attached hydrogens (tertiary/aromatic N) is 1. The van der Waals surface area contributed by atoms with E-state index in [0.29, 0.717) is 50.9 Å². The first-order valence-corrected chi connectivity index (χ1v) is 26.7. The first-order valence-electron chi connectivity index (χ1n) is 26.7. The summed E-state index contributed by atoms with van der Waals surface area (Å²) in [5.41, 5.74) is 1.14. The van der Waals surface area contributed by atoms with Gasteiger partial charge in [-0.25, -0.2) is 9.59 Å². The Balaban J connectivity index is 1.21. The molecular weight excluding hydrogens is 815 g/mol. The number of carbonyl (C=O) groups is 4. The first kappa shape index (κ1) is 54.8. The largest absolute Gasteiger partial charge is 0.462 e. The van der Waals surface area contributed by atoms with Crippen molar-refractivity contribution in [3.05, 3.63) is 11.6 Å². The van der Waals surface area contributed by atoms with Crippen LogP contribution in [0.25, 0.3) is 0 Å². The molecule has 65 heavy (non-hydrogen) atoms. The van der Waals surface area contributed by atoms with Crippen LogP contribution in [0.5, 0.6) is 0 Å². The Labute approximate surface area is 397 Å². The molecule has 3 amide bonds. The van der Waals surface area contributed by atoms with Crippen molar-refractivity contribution in [2.75, 3.05) is 26.2 Å². The fraction of sp³-hybridized carbons (Fsp3) is 0.891. The molecule has 0 spiro atoms. The Kier molecular flexibility index (Phi) is 21.1. The predicted octanol–water partition coefficient (Wildman–Crippen LogP) is 13.4. The summed E-state index contributed by atoms with van der Waals surface area (Å²) >= 11 is 0. The molecule has 4 rings (SSSR count). The van der Waals surface area contributed by atoms with Crippen molar-refractivity contribution in [1.29, 1.82) is 0 Å². The normalized spacial score (nSPS) is 27.3. The van der Waals surface area contributed by atoms with Crippen LogP contribution in [0, 0.1) is 52.3 Å². The average Bonchev–Trinajstić information content (AvgIpc) is 3.57. The topological polar surface area (TPSA) is 123 Å². The summed E-state index contributed by atoms with van der Waals surface area (Å²) in [5.74, 6) is 5.49. The van der Waals surface area contributed by atoms with Crippen molar-refractivity contribution in [3.63, 3.8) is 0 Å². The van der Waals surface area contributed by atoms with E-state index in [4.69, 9.17) is 14.2 Å². The van der Waals surface area contributed by atoms with Gasteiger partial charge in [0.25, 0.3) is 0 Å². The Morgan fingerprint density at radius 2 is 1.35 bits per heavy atom. The van der Waals surface area contributed by atoms with Gasteiger partial charge in [-0.05, 0) is 171 Å². The van der Waals surface area contributed by atoms with Gasteiger partial charge in [-0.1, -0.05) is 91.7 Å². The molecule has 9 atom stereocenters. The molecule has 2 N–H and O–H groups in total. The van der Waals surface area contributed by atoms with Gasteiger partial charge in [0, 0.05) is 45.4 Å². The second-order valence-electron chi connectivity index (χ2n) is 23.9. The molecule has 0 aliphatic heterocycles. The third-order valence-electron chi connectivity index (χ3n) is 16.5. The molecule has 0 saturated heterocycles. The van der Waals surface area contributed by atoms with E-state index in [1.54, 1.807) is 0 Å². The van der Waals surface area contributed by atoms with Crippen LogP contribution in [0.15, 0.2) is 11.6 Å². The average molecular weight is 912 g/mol. The maximum Gasteiger partial charge on any atom is 0.407 e. The lowest BCUT2D eigenvalue weighted by Crippen LogP contribution is -2.51. The lowest BCUT2D eigenvalue weighted by Gasteiger charge is -2.58. The highest BCUT2D eigenvalue weighted by molar-refractivity contribution is 5.77. The van der Waals surface area contributed by atoms with E-state index in [-0.39, 0.29) is 35.9 Å². The Bertz CT molecular complexity index is 1550. The highest BCUT2D eigenvalue weighted by atomic mass is 16.6. The lowest BCUT2D eigenvalue weighted by molar-refractivity contribution is -0.151. The van der Waals surface area contributed by atoms with Gasteiger partial charge in [-0.2, -0.15) is 0 Å². The summed E-state index contributed by atoms with van der Waals surface area (Å²) in [6, 6.07) is 0. The standard InChI is InChI=1S/C55H97N3O7/c1-13-41(39(2)3)25-24-40(4)45-28-29-46-44-27-26-42-38-43(30-32-54(42,11)47(44)31-33-55(45,46)12)63-49(60)23-20-22-48(59)58(37-21-35-57-51(62)65-53(8,9)10)36-19-17-15-14-16-18-34-56-50(61)64-52(5,6)7/h26,39-41,43-47H,13-25,27-38H2,1-12H3,(H,56,61)(H,57,62)/t40-,41-,43+,44+,45-,46+,47+,54+,55-/m1/s1. The molecule has 0 aromatic rings. The number of nitrogens with one attached hydrogen (secondary N) is 2. The highest BCUT2D eigenvalue weighted by Gasteiger charge is 2.59. The third-order valence-corrected chi connectivity index (χ3v) is 16.5. The van der Waals surface area contributed by atoms with E-state index >= 15 is 0 Å². The zero-order chi connectivity index (χ0) is 48.0. The van der Waals surface area contributed by atoms with Crippen LogP contribution in [0.2, 0.25) is 0 Å². The number of fused-ring (bicyclic) bond motifs is 5. The maximum atomic E-state index is 13.6. The van der Waals surface area contributed by atoms with Crippen LogP contribution < -0.4 is 10.6 Å². The van der Waals surface area contributed by atoms with E-state index in [9.17, 15) is 19.2 Å². The minimum atomic E-state index is -0.571. The molecule has 4 aliphatic carbocycles.